The molecule has 0 fully saturated rings. The molecule has 96 valence electrons. The average Bonchev–Trinajstić information content (AvgIpc) is 2.36. The van der Waals surface area contributed by atoms with Gasteiger partial charge in [-0.25, -0.2) is 9.97 Å². The van der Waals surface area contributed by atoms with Crippen molar-refractivity contribution in [3.8, 4) is 0 Å². The van der Waals surface area contributed by atoms with Gasteiger partial charge in [-0.1, -0.05) is 23.7 Å². The van der Waals surface area contributed by atoms with Gasteiger partial charge in [-0.2, -0.15) is 0 Å². The van der Waals surface area contributed by atoms with Crippen LogP contribution in [-0.2, 0) is 4.79 Å². The van der Waals surface area contributed by atoms with E-state index in [0.717, 1.165) is 11.4 Å². The lowest BCUT2D eigenvalue weighted by Gasteiger charge is -2.30. The maximum Gasteiger partial charge on any atom is 0.244 e. The Bertz CT molecular complexity index is 639. The first-order valence-electron chi connectivity index (χ1n) is 5.81. The van der Waals surface area contributed by atoms with Gasteiger partial charge in [-0.3, -0.25) is 4.79 Å². The van der Waals surface area contributed by atoms with E-state index in [9.17, 15) is 4.79 Å². The van der Waals surface area contributed by atoms with E-state index in [1.165, 1.54) is 0 Å². The number of hydrogen-bond donors (Lipinski definition) is 1. The van der Waals surface area contributed by atoms with Gasteiger partial charge in [0.1, 0.15) is 23.3 Å². The summed E-state index contributed by atoms with van der Waals surface area (Å²) < 4.78 is 0. The lowest BCUT2D eigenvalue weighted by Crippen LogP contribution is -2.35. The molecule has 1 aromatic heterocycles. The highest BCUT2D eigenvalue weighted by atomic mass is 35.5. The van der Waals surface area contributed by atoms with Crippen LogP contribution in [0.25, 0.3) is 0 Å². The molecule has 0 radical (unpaired) electrons. The number of amides is 1. The van der Waals surface area contributed by atoms with E-state index < -0.39 is 0 Å². The quantitative estimate of drug-likeness (QED) is 0.812. The first-order chi connectivity index (χ1) is 9.13. The van der Waals surface area contributed by atoms with Crippen LogP contribution in [-0.4, -0.2) is 22.4 Å². The SMILES string of the molecule is Cc1nc(Cl)cc(N2CC(=O)Nc3ccccc32)n1. The number of halogens is 1. The predicted molar refractivity (Wildman–Crippen MR) is 73.9 cm³/mol. The summed E-state index contributed by atoms with van der Waals surface area (Å²) in [5.41, 5.74) is 1.67. The summed E-state index contributed by atoms with van der Waals surface area (Å²) in [5, 5.41) is 3.20. The van der Waals surface area contributed by atoms with Crippen molar-refractivity contribution in [1.29, 1.82) is 0 Å². The van der Waals surface area contributed by atoms with Gasteiger partial charge in [-0.05, 0) is 19.1 Å². The Hall–Kier alpha value is -2.14. The Morgan fingerprint density at radius 1 is 1.32 bits per heavy atom. The molecule has 0 saturated heterocycles. The standard InChI is InChI=1S/C13H11ClN4O/c1-8-15-11(14)6-12(16-8)18-7-13(19)17-9-4-2-3-5-10(9)18/h2-6H,7H2,1H3,(H,17,19). The molecule has 0 atom stereocenters. The molecule has 19 heavy (non-hydrogen) atoms. The van der Waals surface area contributed by atoms with Crippen LogP contribution in [0.15, 0.2) is 30.3 Å². The van der Waals surface area contributed by atoms with E-state index in [4.69, 9.17) is 11.6 Å². The van der Waals surface area contributed by atoms with Crippen molar-refractivity contribution < 1.29 is 4.79 Å². The molecule has 1 amide bonds. The van der Waals surface area contributed by atoms with Crippen molar-refractivity contribution in [3.63, 3.8) is 0 Å². The first-order valence-corrected chi connectivity index (χ1v) is 6.19. The van der Waals surface area contributed by atoms with Crippen molar-refractivity contribution in [3.05, 3.63) is 41.3 Å². The molecule has 6 heteroatoms. The Morgan fingerprint density at radius 2 is 2.11 bits per heavy atom. The lowest BCUT2D eigenvalue weighted by molar-refractivity contribution is -0.115. The number of nitrogens with zero attached hydrogens (tertiary/aromatic N) is 3. The topological polar surface area (TPSA) is 58.1 Å². The molecule has 2 heterocycles. The molecule has 1 N–H and O–H groups in total. The number of carbonyl (C=O) groups excluding carboxylic acids is 1. The minimum Gasteiger partial charge on any atom is -0.323 e. The average molecular weight is 275 g/mol. The number of aromatic nitrogens is 2. The largest absolute Gasteiger partial charge is 0.323 e. The summed E-state index contributed by atoms with van der Waals surface area (Å²) in [6.45, 7) is 1.98. The summed E-state index contributed by atoms with van der Waals surface area (Å²) in [6, 6.07) is 9.24. The molecular weight excluding hydrogens is 264 g/mol. The summed E-state index contributed by atoms with van der Waals surface area (Å²) >= 11 is 5.95. The number of benzene rings is 1. The molecule has 0 bridgehead atoms. The van der Waals surface area contributed by atoms with Gasteiger partial charge in [0.15, 0.2) is 0 Å². The fourth-order valence-electron chi connectivity index (χ4n) is 2.09. The van der Waals surface area contributed by atoms with Crippen molar-refractivity contribution in [2.45, 2.75) is 6.92 Å². The van der Waals surface area contributed by atoms with Gasteiger partial charge in [0.05, 0.1) is 11.4 Å². The number of rotatable bonds is 1. The zero-order valence-electron chi connectivity index (χ0n) is 10.2. The van der Waals surface area contributed by atoms with Crippen molar-refractivity contribution in [1.82, 2.24) is 9.97 Å². The van der Waals surface area contributed by atoms with Gasteiger partial charge in [0, 0.05) is 6.07 Å². The molecule has 0 saturated carbocycles. The van der Waals surface area contributed by atoms with Crippen molar-refractivity contribution >= 4 is 34.7 Å². The highest BCUT2D eigenvalue weighted by Gasteiger charge is 2.24. The third-order valence-corrected chi connectivity index (χ3v) is 3.03. The second-order valence-electron chi connectivity index (χ2n) is 4.25. The zero-order valence-corrected chi connectivity index (χ0v) is 11.0. The van der Waals surface area contributed by atoms with Gasteiger partial charge >= 0.3 is 0 Å². The van der Waals surface area contributed by atoms with Crippen LogP contribution in [0.5, 0.6) is 0 Å². The first kappa shape index (κ1) is 11.9. The predicted octanol–water partition coefficient (Wildman–Crippen LogP) is 2.53. The van der Waals surface area contributed by atoms with Crippen LogP contribution in [0.2, 0.25) is 5.15 Å². The van der Waals surface area contributed by atoms with Crippen LogP contribution >= 0.6 is 11.6 Å². The number of para-hydroxylation sites is 2. The molecule has 0 aliphatic carbocycles. The summed E-state index contributed by atoms with van der Waals surface area (Å²) in [5.74, 6) is 1.12. The van der Waals surface area contributed by atoms with E-state index in [0.29, 0.717) is 16.8 Å². The van der Waals surface area contributed by atoms with Crippen LogP contribution in [0.1, 0.15) is 5.82 Å². The summed E-state index contributed by atoms with van der Waals surface area (Å²) in [6.07, 6.45) is 0. The van der Waals surface area contributed by atoms with E-state index in [1.807, 2.05) is 29.2 Å². The van der Waals surface area contributed by atoms with Gasteiger partial charge in [0.25, 0.3) is 0 Å². The summed E-state index contributed by atoms with van der Waals surface area (Å²) in [4.78, 5) is 22.0. The molecule has 1 aromatic carbocycles. The molecule has 2 aromatic rings. The van der Waals surface area contributed by atoms with Gasteiger partial charge < -0.3 is 10.2 Å². The van der Waals surface area contributed by atoms with E-state index in [-0.39, 0.29) is 12.5 Å². The molecule has 1 aliphatic rings. The molecule has 0 spiro atoms. The molecule has 3 rings (SSSR count). The number of aryl methyl sites for hydroxylation is 1. The third kappa shape index (κ3) is 2.24. The Labute approximate surface area is 115 Å². The fourth-order valence-corrected chi connectivity index (χ4v) is 2.31. The number of hydrogen-bond acceptors (Lipinski definition) is 4. The molecular formula is C13H11ClN4O. The Morgan fingerprint density at radius 3 is 2.89 bits per heavy atom. The monoisotopic (exact) mass is 274 g/mol. The Kier molecular flexibility index (Phi) is 2.83. The molecule has 1 aliphatic heterocycles. The zero-order chi connectivity index (χ0) is 13.4. The normalized spacial score (nSPS) is 14.0. The van der Waals surface area contributed by atoms with Crippen LogP contribution in [0.3, 0.4) is 0 Å². The number of nitrogens with one attached hydrogen (secondary N) is 1. The third-order valence-electron chi connectivity index (χ3n) is 2.84. The summed E-state index contributed by atoms with van der Waals surface area (Å²) in [7, 11) is 0. The van der Waals surface area contributed by atoms with Crippen LogP contribution < -0.4 is 10.2 Å². The highest BCUT2D eigenvalue weighted by Crippen LogP contribution is 2.34. The van der Waals surface area contributed by atoms with Gasteiger partial charge in [-0.15, -0.1) is 0 Å². The number of carbonyl (C=O) groups is 1. The van der Waals surface area contributed by atoms with Crippen molar-refractivity contribution in [2.24, 2.45) is 0 Å². The van der Waals surface area contributed by atoms with E-state index in [2.05, 4.69) is 15.3 Å². The van der Waals surface area contributed by atoms with E-state index in [1.54, 1.807) is 13.0 Å². The second kappa shape index (κ2) is 4.51. The second-order valence-corrected chi connectivity index (χ2v) is 4.63. The van der Waals surface area contributed by atoms with Crippen LogP contribution in [0.4, 0.5) is 17.2 Å². The minimum absolute atomic E-state index is 0.0777. The number of fused-ring (bicyclic) bond motifs is 1. The van der Waals surface area contributed by atoms with Crippen LogP contribution in [0, 0.1) is 6.92 Å². The molecule has 0 unspecified atom stereocenters. The number of anilines is 3. The maximum absolute atomic E-state index is 11.8. The smallest absolute Gasteiger partial charge is 0.244 e. The Balaban J connectivity index is 2.12. The minimum atomic E-state index is -0.0777. The van der Waals surface area contributed by atoms with E-state index >= 15 is 0 Å². The van der Waals surface area contributed by atoms with Crippen molar-refractivity contribution in [2.75, 3.05) is 16.8 Å². The fraction of sp³-hybridized carbons (Fsp3) is 0.154. The highest BCUT2D eigenvalue weighted by molar-refractivity contribution is 6.29. The molecule has 5 nitrogen and oxygen atoms in total. The maximum atomic E-state index is 11.8. The van der Waals surface area contributed by atoms with Gasteiger partial charge in [0.2, 0.25) is 5.91 Å². The lowest BCUT2D eigenvalue weighted by atomic mass is 10.2.